The summed E-state index contributed by atoms with van der Waals surface area (Å²) in [5.41, 5.74) is 7.19. The Hall–Kier alpha value is -1.73. The summed E-state index contributed by atoms with van der Waals surface area (Å²) in [6.45, 7) is 2.68. The van der Waals surface area contributed by atoms with E-state index < -0.39 is 0 Å². The number of amides is 1. The lowest BCUT2D eigenvalue weighted by atomic mass is 10.2. The molecule has 0 radical (unpaired) electrons. The van der Waals surface area contributed by atoms with E-state index >= 15 is 0 Å². The third-order valence-corrected chi connectivity index (χ3v) is 4.01. The van der Waals surface area contributed by atoms with Gasteiger partial charge in [-0.25, -0.2) is 4.98 Å². The number of hydrogen-bond acceptors (Lipinski definition) is 5. The highest BCUT2D eigenvalue weighted by molar-refractivity contribution is 7.99. The zero-order valence-electron chi connectivity index (χ0n) is 12.2. The third-order valence-electron chi connectivity index (χ3n) is 3.11. The second-order valence-corrected chi connectivity index (χ2v) is 5.66. The van der Waals surface area contributed by atoms with E-state index in [2.05, 4.69) is 15.3 Å². The summed E-state index contributed by atoms with van der Waals surface area (Å²) in [4.78, 5) is 19.0. The van der Waals surface area contributed by atoms with Crippen molar-refractivity contribution in [3.05, 3.63) is 18.2 Å². The smallest absolute Gasteiger partial charge is 0.234 e. The van der Waals surface area contributed by atoms with E-state index in [9.17, 15) is 4.79 Å². The largest absolute Gasteiger partial charge is 0.497 e. The van der Waals surface area contributed by atoms with Gasteiger partial charge >= 0.3 is 0 Å². The first-order valence-corrected chi connectivity index (χ1v) is 7.82. The Morgan fingerprint density at radius 1 is 1.57 bits per heavy atom. The molecule has 0 saturated heterocycles. The van der Waals surface area contributed by atoms with E-state index in [-0.39, 0.29) is 11.9 Å². The highest BCUT2D eigenvalue weighted by Gasteiger charge is 2.14. The van der Waals surface area contributed by atoms with Gasteiger partial charge in [-0.15, -0.1) is 0 Å². The molecule has 1 atom stereocenters. The minimum atomic E-state index is -0.313. The minimum Gasteiger partial charge on any atom is -0.497 e. The Balaban J connectivity index is 1.95. The lowest BCUT2D eigenvalue weighted by Gasteiger charge is -2.12. The van der Waals surface area contributed by atoms with Gasteiger partial charge in [0, 0.05) is 11.8 Å². The predicted molar refractivity (Wildman–Crippen MR) is 84.6 cm³/mol. The molecule has 1 heterocycles. The topological polar surface area (TPSA) is 93.0 Å². The number of imidazole rings is 1. The van der Waals surface area contributed by atoms with Crippen LogP contribution in [0.5, 0.6) is 5.75 Å². The zero-order valence-corrected chi connectivity index (χ0v) is 13.0. The minimum absolute atomic E-state index is 0.285. The van der Waals surface area contributed by atoms with Gasteiger partial charge < -0.3 is 20.8 Å². The average Bonchev–Trinajstić information content (AvgIpc) is 2.87. The zero-order chi connectivity index (χ0) is 15.2. The summed E-state index contributed by atoms with van der Waals surface area (Å²) in [5, 5.41) is 3.91. The first kappa shape index (κ1) is 15.7. The number of hydrogen-bond donors (Lipinski definition) is 3. The fraction of sp³-hybridized carbons (Fsp3) is 0.429. The second kappa shape index (κ2) is 7.33. The summed E-state index contributed by atoms with van der Waals surface area (Å²) in [5.74, 6) is 1.24. The molecular weight excluding hydrogens is 288 g/mol. The number of nitrogens with two attached hydrogens (primary N) is 1. The molecular formula is C14H20N4O2S. The molecule has 4 N–H and O–H groups in total. The first-order chi connectivity index (χ1) is 10.1. The van der Waals surface area contributed by atoms with Crippen LogP contribution in [0.4, 0.5) is 0 Å². The average molecular weight is 308 g/mol. The number of likely N-dealkylation sites (N-methyl/N-ethyl adjacent to an activating group) is 1. The SMILES string of the molecule is CCNC(CCSc1nc2ccc(OC)cc2[nH]1)C(N)=O. The molecule has 7 heteroatoms. The van der Waals surface area contributed by atoms with Gasteiger partial charge in [0.1, 0.15) is 5.75 Å². The number of nitrogens with zero attached hydrogens (tertiary/aromatic N) is 1. The molecule has 1 aromatic heterocycles. The molecule has 0 fully saturated rings. The van der Waals surface area contributed by atoms with Gasteiger partial charge in [0.15, 0.2) is 5.16 Å². The number of primary amides is 1. The molecule has 2 aromatic rings. The molecule has 0 spiro atoms. The van der Waals surface area contributed by atoms with E-state index in [0.717, 1.165) is 34.2 Å². The molecule has 0 saturated carbocycles. The lowest BCUT2D eigenvalue weighted by molar-refractivity contribution is -0.120. The summed E-state index contributed by atoms with van der Waals surface area (Å²) in [7, 11) is 1.64. The van der Waals surface area contributed by atoms with E-state index in [1.807, 2.05) is 25.1 Å². The van der Waals surface area contributed by atoms with Crippen LogP contribution in [0.1, 0.15) is 13.3 Å². The van der Waals surface area contributed by atoms with Crippen LogP contribution in [0.15, 0.2) is 23.4 Å². The van der Waals surface area contributed by atoms with Gasteiger partial charge in [-0.1, -0.05) is 18.7 Å². The maximum atomic E-state index is 11.3. The van der Waals surface area contributed by atoms with Crippen molar-refractivity contribution in [3.8, 4) is 5.75 Å². The van der Waals surface area contributed by atoms with Crippen molar-refractivity contribution in [2.24, 2.45) is 5.73 Å². The number of rotatable bonds is 8. The summed E-state index contributed by atoms with van der Waals surface area (Å²) >= 11 is 1.58. The quantitative estimate of drug-likeness (QED) is 0.643. The fourth-order valence-corrected chi connectivity index (χ4v) is 2.92. The van der Waals surface area contributed by atoms with Crippen molar-refractivity contribution >= 4 is 28.7 Å². The van der Waals surface area contributed by atoms with Crippen LogP contribution >= 0.6 is 11.8 Å². The molecule has 21 heavy (non-hydrogen) atoms. The normalized spacial score (nSPS) is 12.5. The number of fused-ring (bicyclic) bond motifs is 1. The predicted octanol–water partition coefficient (Wildman–Crippen LogP) is 1.52. The number of aromatic nitrogens is 2. The lowest BCUT2D eigenvalue weighted by Crippen LogP contribution is -2.41. The molecule has 114 valence electrons. The number of carbonyl (C=O) groups is 1. The van der Waals surface area contributed by atoms with Crippen LogP contribution in [-0.4, -0.2) is 41.3 Å². The molecule has 0 aliphatic rings. The summed E-state index contributed by atoms with van der Waals surface area (Å²) in [6, 6.07) is 5.43. The van der Waals surface area contributed by atoms with E-state index in [1.165, 1.54) is 0 Å². The Labute approximate surface area is 127 Å². The molecule has 2 rings (SSSR count). The highest BCUT2D eigenvalue weighted by atomic mass is 32.2. The van der Waals surface area contributed by atoms with Crippen molar-refractivity contribution in [1.29, 1.82) is 0 Å². The fourth-order valence-electron chi connectivity index (χ4n) is 2.03. The number of ether oxygens (including phenoxy) is 1. The monoisotopic (exact) mass is 308 g/mol. The van der Waals surface area contributed by atoms with Gasteiger partial charge in [0.05, 0.1) is 24.2 Å². The molecule has 1 unspecified atom stereocenters. The molecule has 1 aromatic carbocycles. The van der Waals surface area contributed by atoms with Gasteiger partial charge in [0.25, 0.3) is 0 Å². The van der Waals surface area contributed by atoms with Crippen LogP contribution in [-0.2, 0) is 4.79 Å². The first-order valence-electron chi connectivity index (χ1n) is 6.83. The molecule has 0 aliphatic carbocycles. The van der Waals surface area contributed by atoms with Crippen LogP contribution in [0.3, 0.4) is 0 Å². The van der Waals surface area contributed by atoms with E-state index in [4.69, 9.17) is 10.5 Å². The van der Waals surface area contributed by atoms with Crippen LogP contribution < -0.4 is 15.8 Å². The van der Waals surface area contributed by atoms with Crippen LogP contribution in [0.25, 0.3) is 11.0 Å². The summed E-state index contributed by atoms with van der Waals surface area (Å²) in [6.07, 6.45) is 0.675. The summed E-state index contributed by atoms with van der Waals surface area (Å²) < 4.78 is 5.18. The van der Waals surface area contributed by atoms with Crippen LogP contribution in [0.2, 0.25) is 0 Å². The number of H-pyrrole nitrogens is 1. The molecule has 0 bridgehead atoms. The highest BCUT2D eigenvalue weighted by Crippen LogP contribution is 2.23. The van der Waals surface area contributed by atoms with E-state index in [0.29, 0.717) is 6.42 Å². The molecule has 1 amide bonds. The number of aromatic amines is 1. The Morgan fingerprint density at radius 2 is 2.38 bits per heavy atom. The maximum Gasteiger partial charge on any atom is 0.234 e. The standard InChI is InChI=1S/C14H20N4O2S/c1-3-16-11(13(15)19)6-7-21-14-17-10-5-4-9(20-2)8-12(10)18-14/h4-5,8,11,16H,3,6-7H2,1-2H3,(H2,15,19)(H,17,18). The van der Waals surface area contributed by atoms with Crippen molar-refractivity contribution in [1.82, 2.24) is 15.3 Å². The molecule has 6 nitrogen and oxygen atoms in total. The number of thioether (sulfide) groups is 1. The number of nitrogens with one attached hydrogen (secondary N) is 2. The van der Waals surface area contributed by atoms with Crippen molar-refractivity contribution in [3.63, 3.8) is 0 Å². The van der Waals surface area contributed by atoms with Gasteiger partial charge in [-0.2, -0.15) is 0 Å². The van der Waals surface area contributed by atoms with Crippen molar-refractivity contribution in [2.45, 2.75) is 24.5 Å². The van der Waals surface area contributed by atoms with Crippen molar-refractivity contribution < 1.29 is 9.53 Å². The van der Waals surface area contributed by atoms with Gasteiger partial charge in [-0.05, 0) is 25.1 Å². The number of benzene rings is 1. The number of methoxy groups -OCH3 is 1. The van der Waals surface area contributed by atoms with Crippen LogP contribution in [0, 0.1) is 0 Å². The van der Waals surface area contributed by atoms with Crippen molar-refractivity contribution in [2.75, 3.05) is 19.4 Å². The third kappa shape index (κ3) is 4.12. The van der Waals surface area contributed by atoms with Gasteiger partial charge in [0.2, 0.25) is 5.91 Å². The molecule has 0 aliphatic heterocycles. The Kier molecular flexibility index (Phi) is 5.46. The maximum absolute atomic E-state index is 11.3. The van der Waals surface area contributed by atoms with Gasteiger partial charge in [-0.3, -0.25) is 4.79 Å². The Bertz CT molecular complexity index is 614. The number of carbonyl (C=O) groups excluding carboxylic acids is 1. The van der Waals surface area contributed by atoms with E-state index in [1.54, 1.807) is 18.9 Å². The second-order valence-electron chi connectivity index (χ2n) is 4.57. The Morgan fingerprint density at radius 3 is 3.05 bits per heavy atom.